The number of aliphatic hydroxyl groups excluding tert-OH is 1. The summed E-state index contributed by atoms with van der Waals surface area (Å²) in [7, 11) is 0. The van der Waals surface area contributed by atoms with Crippen molar-refractivity contribution < 1.29 is 5.11 Å². The minimum absolute atomic E-state index is 0.0626. The fourth-order valence-electron chi connectivity index (χ4n) is 1.55. The number of aryl methyl sites for hydroxylation is 1. The summed E-state index contributed by atoms with van der Waals surface area (Å²) in [4.78, 5) is 0. The summed E-state index contributed by atoms with van der Waals surface area (Å²) >= 11 is 1.45. The number of aliphatic hydroxyl groups is 1. The van der Waals surface area contributed by atoms with Gasteiger partial charge in [-0.2, -0.15) is 0 Å². The van der Waals surface area contributed by atoms with Crippen molar-refractivity contribution in [3.05, 3.63) is 34.9 Å². The summed E-state index contributed by atoms with van der Waals surface area (Å²) in [6.45, 7) is 8.30. The van der Waals surface area contributed by atoms with Gasteiger partial charge in [-0.1, -0.05) is 12.1 Å². The first-order valence-corrected chi connectivity index (χ1v) is 7.25. The molecular formula is C15H20N2OS. The Labute approximate surface area is 119 Å². The van der Waals surface area contributed by atoms with Crippen LogP contribution in [0.2, 0.25) is 0 Å². The summed E-state index contributed by atoms with van der Waals surface area (Å²) in [5.74, 6) is 0.417. The predicted molar refractivity (Wildman–Crippen MR) is 81.8 cm³/mol. The minimum Gasteiger partial charge on any atom is -0.507 e. The monoisotopic (exact) mass is 276 g/mol. The van der Waals surface area contributed by atoms with Crippen LogP contribution in [0.3, 0.4) is 0 Å². The maximum atomic E-state index is 10.0. The average Bonchev–Trinajstić information content (AvgIpc) is 3.13. The van der Waals surface area contributed by atoms with Crippen molar-refractivity contribution in [3.63, 3.8) is 0 Å². The van der Waals surface area contributed by atoms with Crippen LogP contribution in [-0.4, -0.2) is 9.85 Å². The van der Waals surface area contributed by atoms with Crippen LogP contribution in [0.1, 0.15) is 44.7 Å². The van der Waals surface area contributed by atoms with Gasteiger partial charge in [0.05, 0.1) is 5.69 Å². The molecule has 102 valence electrons. The molecule has 0 spiro atoms. The summed E-state index contributed by atoms with van der Waals surface area (Å²) in [5.41, 5.74) is 3.86. The third-order valence-corrected chi connectivity index (χ3v) is 3.49. The highest BCUT2D eigenvalue weighted by molar-refractivity contribution is 7.99. The molecule has 4 heteroatoms. The quantitative estimate of drug-likeness (QED) is 0.444. The second-order valence-electron chi connectivity index (χ2n) is 5.84. The Morgan fingerprint density at radius 3 is 2.53 bits per heavy atom. The van der Waals surface area contributed by atoms with Gasteiger partial charge < -0.3 is 5.11 Å². The topological polar surface area (TPSA) is 45.0 Å². The van der Waals surface area contributed by atoms with E-state index >= 15 is 0 Å². The van der Waals surface area contributed by atoms with Crippen molar-refractivity contribution in [3.8, 4) is 0 Å². The normalized spacial score (nSPS) is 15.1. The summed E-state index contributed by atoms with van der Waals surface area (Å²) in [6.07, 6.45) is 2.02. The molecule has 1 saturated carbocycles. The average molecular weight is 276 g/mol. The first-order valence-electron chi connectivity index (χ1n) is 6.48. The molecule has 1 aromatic rings. The number of hydrogen-bond donors (Lipinski definition) is 1. The summed E-state index contributed by atoms with van der Waals surface area (Å²) in [5, 5.41) is 14.3. The number of hydrogen-bond acceptors (Lipinski definition) is 4. The molecular weight excluding hydrogens is 256 g/mol. The Kier molecular flexibility index (Phi) is 3.99. The molecule has 0 amide bonds. The Morgan fingerprint density at radius 2 is 1.95 bits per heavy atom. The van der Waals surface area contributed by atoms with Gasteiger partial charge in [0, 0.05) is 22.3 Å². The molecule has 19 heavy (non-hydrogen) atoms. The van der Waals surface area contributed by atoms with E-state index in [4.69, 9.17) is 0 Å². The van der Waals surface area contributed by atoms with E-state index in [0.717, 1.165) is 35.2 Å². The van der Waals surface area contributed by atoms with Crippen molar-refractivity contribution in [2.75, 3.05) is 0 Å². The zero-order valence-corrected chi connectivity index (χ0v) is 12.7. The van der Waals surface area contributed by atoms with Crippen LogP contribution in [0.25, 0.3) is 5.76 Å². The van der Waals surface area contributed by atoms with E-state index in [-0.39, 0.29) is 4.75 Å². The van der Waals surface area contributed by atoms with E-state index in [1.807, 2.05) is 25.1 Å². The number of nitrogens with zero attached hydrogens (tertiary/aromatic N) is 2. The molecule has 0 aromatic heterocycles. The van der Waals surface area contributed by atoms with Gasteiger partial charge in [0.1, 0.15) is 5.76 Å². The van der Waals surface area contributed by atoms with E-state index in [1.54, 1.807) is 0 Å². The zero-order valence-electron chi connectivity index (χ0n) is 11.9. The van der Waals surface area contributed by atoms with Gasteiger partial charge in [0.25, 0.3) is 0 Å². The van der Waals surface area contributed by atoms with Crippen LogP contribution in [0.15, 0.2) is 33.4 Å². The van der Waals surface area contributed by atoms with Gasteiger partial charge in [-0.15, -0.1) is 9.63 Å². The van der Waals surface area contributed by atoms with Gasteiger partial charge in [0.2, 0.25) is 0 Å². The van der Waals surface area contributed by atoms with E-state index in [0.29, 0.717) is 5.76 Å². The van der Waals surface area contributed by atoms with Crippen molar-refractivity contribution in [2.24, 2.45) is 9.63 Å². The maximum Gasteiger partial charge on any atom is 0.122 e. The van der Waals surface area contributed by atoms with E-state index in [2.05, 4.69) is 30.4 Å². The van der Waals surface area contributed by atoms with E-state index < -0.39 is 0 Å². The SMILES string of the molecule is Cc1ccc(C(O)=C2CC2)cc1/N=N/SC(C)(C)C. The third-order valence-electron chi connectivity index (χ3n) is 2.78. The molecule has 1 N–H and O–H groups in total. The lowest BCUT2D eigenvalue weighted by Crippen LogP contribution is -2.04. The molecule has 1 aromatic carbocycles. The lowest BCUT2D eigenvalue weighted by molar-refractivity contribution is 0.509. The van der Waals surface area contributed by atoms with Gasteiger partial charge in [-0.25, -0.2) is 0 Å². The Hall–Kier alpha value is -1.29. The van der Waals surface area contributed by atoms with Crippen LogP contribution in [0.5, 0.6) is 0 Å². The van der Waals surface area contributed by atoms with Crippen LogP contribution < -0.4 is 0 Å². The molecule has 1 aliphatic rings. The molecule has 0 saturated heterocycles. The molecule has 0 aliphatic heterocycles. The van der Waals surface area contributed by atoms with Gasteiger partial charge in [-0.3, -0.25) is 0 Å². The number of allylic oxidation sites excluding steroid dienone is 1. The maximum absolute atomic E-state index is 10.0. The summed E-state index contributed by atoms with van der Waals surface area (Å²) < 4.78 is 4.24. The van der Waals surface area contributed by atoms with Crippen LogP contribution >= 0.6 is 11.9 Å². The highest BCUT2D eigenvalue weighted by Crippen LogP contribution is 2.36. The van der Waals surface area contributed by atoms with Crippen molar-refractivity contribution >= 4 is 23.4 Å². The van der Waals surface area contributed by atoms with Crippen LogP contribution in [-0.2, 0) is 0 Å². The third kappa shape index (κ3) is 4.10. The van der Waals surface area contributed by atoms with Crippen LogP contribution in [0, 0.1) is 6.92 Å². The number of benzene rings is 1. The second kappa shape index (κ2) is 5.37. The lowest BCUT2D eigenvalue weighted by atomic mass is 10.1. The standard InChI is InChI=1S/C15H20N2OS/c1-10-5-6-12(14(18)11-7-8-11)9-13(10)16-17-19-15(2,3)4/h5-6,9,18H,7-8H2,1-4H3/b17-16+. The summed E-state index contributed by atoms with van der Waals surface area (Å²) in [6, 6.07) is 5.82. The van der Waals surface area contributed by atoms with Crippen molar-refractivity contribution in [1.82, 2.24) is 0 Å². The Morgan fingerprint density at radius 1 is 1.26 bits per heavy atom. The molecule has 0 unspecified atom stereocenters. The Bertz CT molecular complexity index is 536. The Balaban J connectivity index is 2.20. The van der Waals surface area contributed by atoms with Crippen molar-refractivity contribution in [2.45, 2.75) is 45.3 Å². The minimum atomic E-state index is 0.0626. The van der Waals surface area contributed by atoms with Gasteiger partial charge in [0.15, 0.2) is 0 Å². The molecule has 1 fully saturated rings. The molecule has 0 heterocycles. The van der Waals surface area contributed by atoms with E-state index in [9.17, 15) is 5.11 Å². The molecule has 1 aliphatic carbocycles. The largest absolute Gasteiger partial charge is 0.507 e. The molecule has 0 atom stereocenters. The molecule has 3 nitrogen and oxygen atoms in total. The van der Waals surface area contributed by atoms with E-state index in [1.165, 1.54) is 11.9 Å². The van der Waals surface area contributed by atoms with Crippen molar-refractivity contribution in [1.29, 1.82) is 0 Å². The fraction of sp³-hybridized carbons (Fsp3) is 0.467. The highest BCUT2D eigenvalue weighted by atomic mass is 32.2. The lowest BCUT2D eigenvalue weighted by Gasteiger charge is -2.11. The first kappa shape index (κ1) is 14.1. The fourth-order valence-corrected chi connectivity index (χ4v) is 1.93. The first-order chi connectivity index (χ1) is 8.87. The number of rotatable bonds is 3. The molecule has 2 rings (SSSR count). The zero-order chi connectivity index (χ0) is 14.0. The van der Waals surface area contributed by atoms with Crippen LogP contribution in [0.4, 0.5) is 5.69 Å². The van der Waals surface area contributed by atoms with Gasteiger partial charge in [-0.05, 0) is 57.7 Å². The smallest absolute Gasteiger partial charge is 0.122 e. The molecule has 0 bridgehead atoms. The molecule has 0 radical (unpaired) electrons. The van der Waals surface area contributed by atoms with Gasteiger partial charge >= 0.3 is 0 Å². The highest BCUT2D eigenvalue weighted by Gasteiger charge is 2.19. The predicted octanol–water partition coefficient (Wildman–Crippen LogP) is 5.59. The second-order valence-corrected chi connectivity index (χ2v) is 7.41.